The van der Waals surface area contributed by atoms with Gasteiger partial charge >= 0.3 is 0 Å². The molecule has 4 heteroatoms. The molecule has 1 aromatic carbocycles. The summed E-state index contributed by atoms with van der Waals surface area (Å²) < 4.78 is 1.72. The quantitative estimate of drug-likeness (QED) is 0.847. The van der Waals surface area contributed by atoms with E-state index in [0.717, 1.165) is 11.4 Å². The van der Waals surface area contributed by atoms with E-state index >= 15 is 0 Å². The van der Waals surface area contributed by atoms with E-state index in [-0.39, 0.29) is 6.10 Å². The Morgan fingerprint density at radius 2 is 2.00 bits per heavy atom. The smallest absolute Gasteiger partial charge is 0.0857 e. The van der Waals surface area contributed by atoms with Crippen molar-refractivity contribution in [3.8, 4) is 5.69 Å². The molecule has 1 atom stereocenters. The lowest BCUT2D eigenvalue weighted by molar-refractivity contribution is 0.194. The Bertz CT molecular complexity index is 459. The Morgan fingerprint density at radius 1 is 1.31 bits per heavy atom. The van der Waals surface area contributed by atoms with Crippen LogP contribution in [0.1, 0.15) is 18.2 Å². The number of benzene rings is 1. The average Bonchev–Trinajstić information content (AvgIpc) is 2.66. The zero-order valence-electron chi connectivity index (χ0n) is 9.46. The zero-order valence-corrected chi connectivity index (χ0v) is 9.46. The summed E-state index contributed by atoms with van der Waals surface area (Å²) in [6, 6.07) is 8.06. The molecule has 0 amide bonds. The van der Waals surface area contributed by atoms with Crippen molar-refractivity contribution in [3.63, 3.8) is 0 Å². The predicted octanol–water partition coefficient (Wildman–Crippen LogP) is 1.50. The van der Waals surface area contributed by atoms with E-state index in [1.54, 1.807) is 11.6 Å². The van der Waals surface area contributed by atoms with Gasteiger partial charge in [0.15, 0.2) is 0 Å². The molecule has 0 spiro atoms. The normalized spacial score (nSPS) is 12.7. The number of rotatable bonds is 3. The minimum atomic E-state index is -0.386. The van der Waals surface area contributed by atoms with Crippen molar-refractivity contribution in [2.45, 2.75) is 26.4 Å². The highest BCUT2D eigenvalue weighted by atomic mass is 16.3. The summed E-state index contributed by atoms with van der Waals surface area (Å²) in [7, 11) is 0. The van der Waals surface area contributed by atoms with Gasteiger partial charge in [0.05, 0.1) is 23.7 Å². The van der Waals surface area contributed by atoms with Gasteiger partial charge in [0.25, 0.3) is 0 Å². The largest absolute Gasteiger partial charge is 0.393 e. The lowest BCUT2D eigenvalue weighted by Gasteiger charge is -2.00. The number of nitrogens with zero attached hydrogens (tertiary/aromatic N) is 3. The topological polar surface area (TPSA) is 50.9 Å². The summed E-state index contributed by atoms with van der Waals surface area (Å²) in [6.07, 6.45) is 1.99. The van der Waals surface area contributed by atoms with Crippen molar-refractivity contribution >= 4 is 0 Å². The van der Waals surface area contributed by atoms with Crippen LogP contribution in [0.15, 0.2) is 30.5 Å². The molecule has 2 rings (SSSR count). The summed E-state index contributed by atoms with van der Waals surface area (Å²) in [6.45, 7) is 3.79. The molecule has 0 aliphatic heterocycles. The van der Waals surface area contributed by atoms with Crippen LogP contribution in [-0.4, -0.2) is 26.2 Å². The van der Waals surface area contributed by atoms with Crippen LogP contribution < -0.4 is 0 Å². The van der Waals surface area contributed by atoms with Gasteiger partial charge in [-0.05, 0) is 26.0 Å². The van der Waals surface area contributed by atoms with E-state index in [0.29, 0.717) is 6.42 Å². The number of aliphatic hydroxyl groups is 1. The molecule has 0 bridgehead atoms. The molecular formula is C12H15N3O. The standard InChI is InChI=1S/C12H15N3O/c1-9-3-5-12(6-4-9)15-8-11(13-14-15)7-10(2)16/h3-6,8,10,16H,7H2,1-2H3. The van der Waals surface area contributed by atoms with Crippen molar-refractivity contribution in [3.05, 3.63) is 41.7 Å². The Balaban J connectivity index is 2.21. The second-order valence-corrected chi connectivity index (χ2v) is 4.04. The maximum Gasteiger partial charge on any atom is 0.0857 e. The predicted molar refractivity (Wildman–Crippen MR) is 61.5 cm³/mol. The number of aromatic nitrogens is 3. The fraction of sp³-hybridized carbons (Fsp3) is 0.333. The van der Waals surface area contributed by atoms with Crippen LogP contribution in [0.5, 0.6) is 0 Å². The molecule has 16 heavy (non-hydrogen) atoms. The molecule has 0 saturated heterocycles. The van der Waals surface area contributed by atoms with Crippen molar-refractivity contribution in [2.75, 3.05) is 0 Å². The lowest BCUT2D eigenvalue weighted by Crippen LogP contribution is -2.04. The van der Waals surface area contributed by atoms with E-state index in [1.165, 1.54) is 5.56 Å². The number of aryl methyl sites for hydroxylation is 1. The van der Waals surface area contributed by atoms with E-state index in [4.69, 9.17) is 0 Å². The Labute approximate surface area is 94.5 Å². The molecular weight excluding hydrogens is 202 g/mol. The fourth-order valence-electron chi connectivity index (χ4n) is 1.52. The average molecular weight is 217 g/mol. The van der Waals surface area contributed by atoms with Gasteiger partial charge in [-0.3, -0.25) is 0 Å². The molecule has 1 unspecified atom stereocenters. The van der Waals surface area contributed by atoms with Crippen molar-refractivity contribution in [2.24, 2.45) is 0 Å². The molecule has 84 valence electrons. The number of aliphatic hydroxyl groups excluding tert-OH is 1. The number of hydrogen-bond donors (Lipinski definition) is 1. The first kappa shape index (κ1) is 10.8. The third kappa shape index (κ3) is 2.46. The minimum Gasteiger partial charge on any atom is -0.393 e. The van der Waals surface area contributed by atoms with Crippen molar-refractivity contribution < 1.29 is 5.11 Å². The third-order valence-corrected chi connectivity index (χ3v) is 2.34. The lowest BCUT2D eigenvalue weighted by atomic mass is 10.2. The van der Waals surface area contributed by atoms with Crippen LogP contribution in [0.2, 0.25) is 0 Å². The van der Waals surface area contributed by atoms with Crippen molar-refractivity contribution in [1.29, 1.82) is 0 Å². The van der Waals surface area contributed by atoms with Gasteiger partial charge in [0, 0.05) is 6.42 Å². The third-order valence-electron chi connectivity index (χ3n) is 2.34. The van der Waals surface area contributed by atoms with Crippen LogP contribution in [0.3, 0.4) is 0 Å². The van der Waals surface area contributed by atoms with E-state index in [2.05, 4.69) is 10.3 Å². The Hall–Kier alpha value is -1.68. The van der Waals surface area contributed by atoms with E-state index in [9.17, 15) is 5.11 Å². The molecule has 0 aliphatic carbocycles. The molecule has 1 aromatic heterocycles. The van der Waals surface area contributed by atoms with Gasteiger partial charge in [0.2, 0.25) is 0 Å². The summed E-state index contributed by atoms with van der Waals surface area (Å²) >= 11 is 0. The maximum absolute atomic E-state index is 9.24. The van der Waals surface area contributed by atoms with Crippen molar-refractivity contribution in [1.82, 2.24) is 15.0 Å². The molecule has 2 aromatic rings. The summed E-state index contributed by atoms with van der Waals surface area (Å²) in [4.78, 5) is 0. The highest BCUT2D eigenvalue weighted by Gasteiger charge is 2.05. The molecule has 0 saturated carbocycles. The fourth-order valence-corrected chi connectivity index (χ4v) is 1.52. The maximum atomic E-state index is 9.24. The minimum absolute atomic E-state index is 0.386. The van der Waals surface area contributed by atoms with Gasteiger partial charge in [-0.2, -0.15) is 0 Å². The first-order valence-corrected chi connectivity index (χ1v) is 5.31. The highest BCUT2D eigenvalue weighted by molar-refractivity contribution is 5.33. The summed E-state index contributed by atoms with van der Waals surface area (Å²) in [5.74, 6) is 0. The Morgan fingerprint density at radius 3 is 2.62 bits per heavy atom. The van der Waals surface area contributed by atoms with Crippen LogP contribution in [-0.2, 0) is 6.42 Å². The molecule has 0 fully saturated rings. The first-order valence-electron chi connectivity index (χ1n) is 5.31. The van der Waals surface area contributed by atoms with E-state index in [1.807, 2.05) is 37.4 Å². The second-order valence-electron chi connectivity index (χ2n) is 4.04. The van der Waals surface area contributed by atoms with Gasteiger partial charge < -0.3 is 5.11 Å². The molecule has 1 N–H and O–H groups in total. The van der Waals surface area contributed by atoms with Crippen LogP contribution >= 0.6 is 0 Å². The molecule has 4 nitrogen and oxygen atoms in total. The van der Waals surface area contributed by atoms with Gasteiger partial charge in [-0.1, -0.05) is 22.9 Å². The van der Waals surface area contributed by atoms with Gasteiger partial charge in [-0.25, -0.2) is 4.68 Å². The second kappa shape index (κ2) is 4.45. The van der Waals surface area contributed by atoms with Gasteiger partial charge in [0.1, 0.15) is 0 Å². The van der Waals surface area contributed by atoms with Crippen LogP contribution in [0.4, 0.5) is 0 Å². The molecule has 1 heterocycles. The number of hydrogen-bond acceptors (Lipinski definition) is 3. The summed E-state index contributed by atoms with van der Waals surface area (Å²) in [5.41, 5.74) is 3.00. The zero-order chi connectivity index (χ0) is 11.5. The van der Waals surface area contributed by atoms with E-state index < -0.39 is 0 Å². The molecule has 0 aliphatic rings. The molecule has 0 radical (unpaired) electrons. The first-order chi connectivity index (χ1) is 7.65. The SMILES string of the molecule is Cc1ccc(-n2cc(CC(C)O)nn2)cc1. The highest BCUT2D eigenvalue weighted by Crippen LogP contribution is 2.09. The van der Waals surface area contributed by atoms with Gasteiger partial charge in [-0.15, -0.1) is 5.10 Å². The Kier molecular flexibility index (Phi) is 3.01. The van der Waals surface area contributed by atoms with Crippen LogP contribution in [0.25, 0.3) is 5.69 Å². The summed E-state index contributed by atoms with van der Waals surface area (Å²) in [5, 5.41) is 17.3. The monoisotopic (exact) mass is 217 g/mol. The van der Waals surface area contributed by atoms with Crippen LogP contribution in [0, 0.1) is 6.92 Å².